The SMILES string of the molecule is Cc1ccc(S(=O)(=O)Nc2ccc(C(=O)NCCN3CCN(c4nc5c(F)cc(F)cc5s4)CC3)cc2)cc1. The molecule has 0 unspecified atom stereocenters. The predicted molar refractivity (Wildman–Crippen MR) is 149 cm³/mol. The Labute approximate surface area is 229 Å². The number of amides is 1. The monoisotopic (exact) mass is 571 g/mol. The Morgan fingerprint density at radius 3 is 2.38 bits per heavy atom. The van der Waals surface area contributed by atoms with Crippen LogP contribution in [0.5, 0.6) is 0 Å². The number of aryl methyl sites for hydroxylation is 1. The number of rotatable bonds is 8. The second-order valence-corrected chi connectivity index (χ2v) is 12.0. The fraction of sp³-hybridized carbons (Fsp3) is 0.259. The Bertz CT molecular complexity index is 1580. The van der Waals surface area contributed by atoms with Crippen molar-refractivity contribution in [2.24, 2.45) is 0 Å². The zero-order chi connectivity index (χ0) is 27.6. The topological polar surface area (TPSA) is 94.6 Å². The Hall–Kier alpha value is -3.61. The predicted octanol–water partition coefficient (Wildman–Crippen LogP) is 4.24. The molecule has 204 valence electrons. The van der Waals surface area contributed by atoms with Gasteiger partial charge in [-0.1, -0.05) is 29.0 Å². The molecular weight excluding hydrogens is 544 g/mol. The van der Waals surface area contributed by atoms with Gasteiger partial charge in [-0.05, 0) is 49.4 Å². The second-order valence-electron chi connectivity index (χ2n) is 9.31. The van der Waals surface area contributed by atoms with Crippen LogP contribution in [-0.4, -0.2) is 63.5 Å². The molecule has 1 amide bonds. The molecule has 1 aliphatic heterocycles. The summed E-state index contributed by atoms with van der Waals surface area (Å²) < 4.78 is 55.6. The molecule has 12 heteroatoms. The van der Waals surface area contributed by atoms with Crippen LogP contribution in [0.3, 0.4) is 0 Å². The minimum atomic E-state index is -3.72. The smallest absolute Gasteiger partial charge is 0.261 e. The first kappa shape index (κ1) is 27.0. The minimum Gasteiger partial charge on any atom is -0.351 e. The van der Waals surface area contributed by atoms with Crippen LogP contribution in [0.25, 0.3) is 10.2 Å². The van der Waals surface area contributed by atoms with Gasteiger partial charge in [0.15, 0.2) is 10.9 Å². The molecule has 5 rings (SSSR count). The largest absolute Gasteiger partial charge is 0.351 e. The number of carbonyl (C=O) groups excluding carboxylic acids is 1. The molecule has 2 heterocycles. The summed E-state index contributed by atoms with van der Waals surface area (Å²) in [5.41, 5.74) is 1.95. The van der Waals surface area contributed by atoms with E-state index in [0.717, 1.165) is 24.7 Å². The van der Waals surface area contributed by atoms with Gasteiger partial charge in [0.05, 0.1) is 9.60 Å². The molecule has 0 atom stereocenters. The number of halogens is 2. The highest BCUT2D eigenvalue weighted by atomic mass is 32.2. The van der Waals surface area contributed by atoms with Crippen molar-refractivity contribution in [2.75, 3.05) is 48.9 Å². The molecule has 1 aliphatic rings. The number of thiazole rings is 1. The summed E-state index contributed by atoms with van der Waals surface area (Å²) in [5.74, 6) is -1.51. The Morgan fingerprint density at radius 1 is 1.00 bits per heavy atom. The highest BCUT2D eigenvalue weighted by Gasteiger charge is 2.21. The Kier molecular flexibility index (Phi) is 7.78. The molecule has 1 aromatic heterocycles. The van der Waals surface area contributed by atoms with E-state index >= 15 is 0 Å². The summed E-state index contributed by atoms with van der Waals surface area (Å²) in [6, 6.07) is 15.0. The van der Waals surface area contributed by atoms with Crippen LogP contribution in [0.2, 0.25) is 0 Å². The zero-order valence-electron chi connectivity index (χ0n) is 21.2. The number of carbonyl (C=O) groups is 1. The van der Waals surface area contributed by atoms with Gasteiger partial charge in [0, 0.05) is 56.6 Å². The van der Waals surface area contributed by atoms with E-state index in [0.29, 0.717) is 47.3 Å². The second kappa shape index (κ2) is 11.2. The van der Waals surface area contributed by atoms with Gasteiger partial charge in [0.1, 0.15) is 11.3 Å². The molecule has 3 aromatic carbocycles. The third-order valence-electron chi connectivity index (χ3n) is 6.49. The minimum absolute atomic E-state index is 0.167. The highest BCUT2D eigenvalue weighted by Crippen LogP contribution is 2.31. The lowest BCUT2D eigenvalue weighted by molar-refractivity contribution is 0.0948. The average Bonchev–Trinajstić information content (AvgIpc) is 3.34. The maximum Gasteiger partial charge on any atom is 0.261 e. The maximum absolute atomic E-state index is 14.0. The van der Waals surface area contributed by atoms with Crippen LogP contribution in [0, 0.1) is 18.6 Å². The fourth-order valence-corrected chi connectivity index (χ4v) is 6.41. The molecule has 39 heavy (non-hydrogen) atoms. The number of hydrogen-bond donors (Lipinski definition) is 2. The van der Waals surface area contributed by atoms with Gasteiger partial charge in [-0.25, -0.2) is 22.2 Å². The number of nitrogens with zero attached hydrogens (tertiary/aromatic N) is 3. The van der Waals surface area contributed by atoms with Crippen molar-refractivity contribution in [3.63, 3.8) is 0 Å². The average molecular weight is 572 g/mol. The van der Waals surface area contributed by atoms with Crippen molar-refractivity contribution < 1.29 is 22.0 Å². The molecule has 0 spiro atoms. The van der Waals surface area contributed by atoms with Crippen LogP contribution in [-0.2, 0) is 10.0 Å². The maximum atomic E-state index is 14.0. The van der Waals surface area contributed by atoms with Crippen molar-refractivity contribution in [3.8, 4) is 0 Å². The number of fused-ring (bicyclic) bond motifs is 1. The van der Waals surface area contributed by atoms with Crippen LogP contribution in [0.1, 0.15) is 15.9 Å². The summed E-state index contributed by atoms with van der Waals surface area (Å²) >= 11 is 1.28. The number of piperazine rings is 1. The van der Waals surface area contributed by atoms with Crippen LogP contribution >= 0.6 is 11.3 Å². The standard InChI is InChI=1S/C27H27F2N5O3S2/c1-18-2-8-22(9-3-18)39(36,37)32-21-6-4-19(5-7-21)26(35)30-10-11-33-12-14-34(15-13-33)27-31-25-23(29)16-20(28)17-24(25)38-27/h2-9,16-17,32H,10-15H2,1H3,(H,30,35). The van der Waals surface area contributed by atoms with Crippen molar-refractivity contribution in [1.29, 1.82) is 0 Å². The lowest BCUT2D eigenvalue weighted by atomic mass is 10.2. The van der Waals surface area contributed by atoms with E-state index < -0.39 is 21.7 Å². The molecule has 8 nitrogen and oxygen atoms in total. The molecule has 1 fully saturated rings. The lowest BCUT2D eigenvalue weighted by Crippen LogP contribution is -2.48. The normalized spacial score (nSPS) is 14.5. The van der Waals surface area contributed by atoms with E-state index in [1.807, 2.05) is 6.92 Å². The van der Waals surface area contributed by atoms with E-state index in [1.165, 1.54) is 17.4 Å². The molecule has 4 aromatic rings. The van der Waals surface area contributed by atoms with Crippen LogP contribution in [0.15, 0.2) is 65.6 Å². The number of hydrogen-bond acceptors (Lipinski definition) is 7. The summed E-state index contributed by atoms with van der Waals surface area (Å²) in [7, 11) is -3.72. The van der Waals surface area contributed by atoms with Crippen LogP contribution in [0.4, 0.5) is 19.6 Å². The Morgan fingerprint density at radius 2 is 1.69 bits per heavy atom. The van der Waals surface area contributed by atoms with Gasteiger partial charge in [-0.3, -0.25) is 14.4 Å². The molecule has 0 aliphatic carbocycles. The van der Waals surface area contributed by atoms with Crippen molar-refractivity contribution in [3.05, 3.63) is 83.4 Å². The van der Waals surface area contributed by atoms with Gasteiger partial charge in [-0.15, -0.1) is 0 Å². The quantitative estimate of drug-likeness (QED) is 0.329. The van der Waals surface area contributed by atoms with Crippen LogP contribution < -0.4 is 14.9 Å². The van der Waals surface area contributed by atoms with E-state index in [-0.39, 0.29) is 16.3 Å². The third kappa shape index (κ3) is 6.35. The first-order chi connectivity index (χ1) is 18.7. The summed E-state index contributed by atoms with van der Waals surface area (Å²) in [5, 5.41) is 3.57. The highest BCUT2D eigenvalue weighted by molar-refractivity contribution is 7.92. The molecule has 2 N–H and O–H groups in total. The van der Waals surface area contributed by atoms with Gasteiger partial charge < -0.3 is 10.2 Å². The summed E-state index contributed by atoms with van der Waals surface area (Å²) in [4.78, 5) is 21.4. The number of aromatic nitrogens is 1. The van der Waals surface area contributed by atoms with Gasteiger partial charge >= 0.3 is 0 Å². The molecular formula is C27H27F2N5O3S2. The van der Waals surface area contributed by atoms with E-state index in [2.05, 4.69) is 24.8 Å². The van der Waals surface area contributed by atoms with Gasteiger partial charge in [-0.2, -0.15) is 0 Å². The lowest BCUT2D eigenvalue weighted by Gasteiger charge is -2.34. The van der Waals surface area contributed by atoms with Crippen molar-refractivity contribution in [1.82, 2.24) is 15.2 Å². The first-order valence-electron chi connectivity index (χ1n) is 12.4. The number of anilines is 2. The van der Waals surface area contributed by atoms with Gasteiger partial charge in [0.25, 0.3) is 15.9 Å². The molecule has 0 radical (unpaired) electrons. The number of sulfonamides is 1. The first-order valence-corrected chi connectivity index (χ1v) is 14.7. The molecule has 0 bridgehead atoms. The fourth-order valence-electron chi connectivity index (χ4n) is 4.29. The molecule has 1 saturated heterocycles. The van der Waals surface area contributed by atoms with E-state index in [9.17, 15) is 22.0 Å². The van der Waals surface area contributed by atoms with Crippen molar-refractivity contribution >= 4 is 48.3 Å². The van der Waals surface area contributed by atoms with Gasteiger partial charge in [0.2, 0.25) is 0 Å². The summed E-state index contributed by atoms with van der Waals surface area (Å²) in [6.45, 7) is 5.88. The molecule has 0 saturated carbocycles. The van der Waals surface area contributed by atoms with E-state index in [1.54, 1.807) is 48.5 Å². The summed E-state index contributed by atoms with van der Waals surface area (Å²) in [6.07, 6.45) is 0. The van der Waals surface area contributed by atoms with Crippen molar-refractivity contribution in [2.45, 2.75) is 11.8 Å². The Balaban J connectivity index is 1.08. The third-order valence-corrected chi connectivity index (χ3v) is 8.95. The number of nitrogens with one attached hydrogen (secondary N) is 2. The zero-order valence-corrected chi connectivity index (χ0v) is 22.8. The number of benzene rings is 3. The van der Waals surface area contributed by atoms with E-state index in [4.69, 9.17) is 0 Å².